The predicted octanol–water partition coefficient (Wildman–Crippen LogP) is 4.85. The number of carbonyl (C=O) groups excluding carboxylic acids is 1. The van der Waals surface area contributed by atoms with E-state index in [1.54, 1.807) is 24.3 Å². The molecule has 0 bridgehead atoms. The number of amides is 1. The molecule has 4 N–H and O–H groups in total. The first kappa shape index (κ1) is 22.7. The summed E-state index contributed by atoms with van der Waals surface area (Å²) < 4.78 is 0. The minimum absolute atomic E-state index is 0.136. The van der Waals surface area contributed by atoms with Crippen LogP contribution in [0.3, 0.4) is 0 Å². The van der Waals surface area contributed by atoms with Crippen LogP contribution in [0.2, 0.25) is 0 Å². The molecule has 166 valence electrons. The van der Waals surface area contributed by atoms with E-state index in [9.17, 15) is 9.59 Å². The molecule has 0 saturated heterocycles. The summed E-state index contributed by atoms with van der Waals surface area (Å²) >= 11 is 0. The number of carbonyl (C=O) groups is 2. The highest BCUT2D eigenvalue weighted by atomic mass is 16.4. The van der Waals surface area contributed by atoms with Crippen LogP contribution in [0.25, 0.3) is 11.1 Å². The second-order valence-corrected chi connectivity index (χ2v) is 9.25. The SMILES string of the molecule is CC(C)CCN1Cc2cc(-c3ccc(C(=O)O)cc3)c(N)cc2N[C@@H](CC(C)C)C1=O. The molecule has 31 heavy (non-hydrogen) atoms. The number of rotatable bonds is 7. The lowest BCUT2D eigenvalue weighted by Crippen LogP contribution is -2.41. The number of hydrogen-bond donors (Lipinski definition) is 3. The van der Waals surface area contributed by atoms with Gasteiger partial charge in [0.25, 0.3) is 0 Å². The third-order valence-electron chi connectivity index (χ3n) is 5.70. The van der Waals surface area contributed by atoms with Gasteiger partial charge < -0.3 is 21.1 Å². The van der Waals surface area contributed by atoms with E-state index in [0.717, 1.165) is 41.8 Å². The highest BCUT2D eigenvalue weighted by molar-refractivity contribution is 5.90. The Hall–Kier alpha value is -3.02. The van der Waals surface area contributed by atoms with Gasteiger partial charge in [-0.2, -0.15) is 0 Å². The first-order valence-corrected chi connectivity index (χ1v) is 11.0. The van der Waals surface area contributed by atoms with Gasteiger partial charge in [0.15, 0.2) is 0 Å². The van der Waals surface area contributed by atoms with Gasteiger partial charge in [0.1, 0.15) is 6.04 Å². The van der Waals surface area contributed by atoms with E-state index in [1.807, 2.05) is 17.0 Å². The smallest absolute Gasteiger partial charge is 0.335 e. The monoisotopic (exact) mass is 423 g/mol. The Kier molecular flexibility index (Phi) is 6.88. The van der Waals surface area contributed by atoms with E-state index in [0.29, 0.717) is 24.1 Å². The highest BCUT2D eigenvalue weighted by Crippen LogP contribution is 2.35. The number of benzene rings is 2. The molecule has 0 aliphatic carbocycles. The van der Waals surface area contributed by atoms with Gasteiger partial charge in [-0.1, -0.05) is 39.8 Å². The largest absolute Gasteiger partial charge is 0.478 e. The number of hydrogen-bond acceptors (Lipinski definition) is 4. The predicted molar refractivity (Wildman–Crippen MR) is 125 cm³/mol. The molecular weight excluding hydrogens is 390 g/mol. The normalized spacial score (nSPS) is 16.3. The number of nitrogens with zero attached hydrogens (tertiary/aromatic N) is 1. The highest BCUT2D eigenvalue weighted by Gasteiger charge is 2.30. The summed E-state index contributed by atoms with van der Waals surface area (Å²) in [6, 6.07) is 10.4. The summed E-state index contributed by atoms with van der Waals surface area (Å²) in [6.45, 7) is 9.83. The molecule has 1 atom stereocenters. The number of nitrogen functional groups attached to an aromatic ring is 1. The minimum Gasteiger partial charge on any atom is -0.478 e. The summed E-state index contributed by atoms with van der Waals surface area (Å²) in [5, 5.41) is 12.6. The van der Waals surface area contributed by atoms with Crippen molar-refractivity contribution in [1.29, 1.82) is 0 Å². The zero-order valence-corrected chi connectivity index (χ0v) is 18.8. The van der Waals surface area contributed by atoms with Gasteiger partial charge in [0.2, 0.25) is 5.91 Å². The van der Waals surface area contributed by atoms with Gasteiger partial charge in [-0.15, -0.1) is 0 Å². The quantitative estimate of drug-likeness (QED) is 0.553. The standard InChI is InChI=1S/C25H33N3O3/c1-15(2)9-10-28-14-19-12-20(17-5-7-18(8-6-17)25(30)31)21(26)13-22(19)27-23(24(28)29)11-16(3)4/h5-8,12-13,15-16,23,27H,9-11,14,26H2,1-4H3,(H,30,31)/t23-/m0/s1. The molecule has 0 aromatic heterocycles. The molecule has 0 radical (unpaired) electrons. The van der Waals surface area contributed by atoms with Crippen LogP contribution in [-0.2, 0) is 11.3 Å². The van der Waals surface area contributed by atoms with E-state index in [1.165, 1.54) is 0 Å². The number of nitrogens with one attached hydrogen (secondary N) is 1. The Labute approximate surface area is 184 Å². The number of anilines is 2. The Morgan fingerprint density at radius 3 is 2.42 bits per heavy atom. The van der Waals surface area contributed by atoms with Crippen LogP contribution in [-0.4, -0.2) is 34.5 Å². The number of fused-ring (bicyclic) bond motifs is 1. The Morgan fingerprint density at radius 1 is 1.16 bits per heavy atom. The first-order chi connectivity index (χ1) is 14.7. The van der Waals surface area contributed by atoms with Crippen molar-refractivity contribution in [2.24, 2.45) is 11.8 Å². The third kappa shape index (κ3) is 5.37. The molecular formula is C25H33N3O3. The lowest BCUT2D eigenvalue weighted by Gasteiger charge is -2.26. The van der Waals surface area contributed by atoms with Crippen molar-refractivity contribution in [3.8, 4) is 11.1 Å². The number of carboxylic acid groups (broad SMARTS) is 1. The van der Waals surface area contributed by atoms with Crippen molar-refractivity contribution in [2.75, 3.05) is 17.6 Å². The van der Waals surface area contributed by atoms with Gasteiger partial charge in [0.05, 0.1) is 5.56 Å². The van der Waals surface area contributed by atoms with Crippen molar-refractivity contribution in [3.63, 3.8) is 0 Å². The van der Waals surface area contributed by atoms with Gasteiger partial charge >= 0.3 is 5.97 Å². The van der Waals surface area contributed by atoms with Gasteiger partial charge in [-0.05, 0) is 60.1 Å². The fourth-order valence-electron chi connectivity index (χ4n) is 3.96. The Bertz CT molecular complexity index is 951. The maximum absolute atomic E-state index is 13.3. The summed E-state index contributed by atoms with van der Waals surface area (Å²) in [5.74, 6) is 0.0821. The van der Waals surface area contributed by atoms with Crippen LogP contribution in [0.15, 0.2) is 36.4 Å². The molecule has 2 aromatic carbocycles. The topological polar surface area (TPSA) is 95.7 Å². The maximum Gasteiger partial charge on any atom is 0.335 e. The Balaban J connectivity index is 1.99. The molecule has 6 heteroatoms. The molecule has 1 amide bonds. The molecule has 0 spiro atoms. The zero-order chi connectivity index (χ0) is 22.7. The maximum atomic E-state index is 13.3. The molecule has 1 aliphatic heterocycles. The summed E-state index contributed by atoms with van der Waals surface area (Å²) in [5.41, 5.74) is 10.8. The van der Waals surface area contributed by atoms with E-state index in [2.05, 4.69) is 33.0 Å². The van der Waals surface area contributed by atoms with Crippen LogP contribution in [0.1, 0.15) is 56.5 Å². The zero-order valence-electron chi connectivity index (χ0n) is 18.8. The average molecular weight is 424 g/mol. The number of carboxylic acids is 1. The number of nitrogens with two attached hydrogens (primary N) is 1. The molecule has 1 aliphatic rings. The lowest BCUT2D eigenvalue weighted by atomic mass is 9.98. The lowest BCUT2D eigenvalue weighted by molar-refractivity contribution is -0.132. The van der Waals surface area contributed by atoms with Crippen LogP contribution in [0, 0.1) is 11.8 Å². The van der Waals surface area contributed by atoms with E-state index in [4.69, 9.17) is 10.8 Å². The van der Waals surface area contributed by atoms with Crippen LogP contribution in [0.4, 0.5) is 11.4 Å². The molecule has 1 heterocycles. The van der Waals surface area contributed by atoms with Crippen molar-refractivity contribution in [2.45, 2.75) is 53.1 Å². The summed E-state index contributed by atoms with van der Waals surface area (Å²) in [7, 11) is 0. The molecule has 3 rings (SSSR count). The molecule has 6 nitrogen and oxygen atoms in total. The van der Waals surface area contributed by atoms with E-state index in [-0.39, 0.29) is 17.5 Å². The van der Waals surface area contributed by atoms with Crippen LogP contribution < -0.4 is 11.1 Å². The fraction of sp³-hybridized carbons (Fsp3) is 0.440. The van der Waals surface area contributed by atoms with Crippen molar-refractivity contribution < 1.29 is 14.7 Å². The van der Waals surface area contributed by atoms with E-state index >= 15 is 0 Å². The van der Waals surface area contributed by atoms with Crippen LogP contribution >= 0.6 is 0 Å². The molecule has 0 unspecified atom stereocenters. The summed E-state index contributed by atoms with van der Waals surface area (Å²) in [6.07, 6.45) is 1.71. The second-order valence-electron chi connectivity index (χ2n) is 9.25. The van der Waals surface area contributed by atoms with Gasteiger partial charge in [0, 0.05) is 30.0 Å². The van der Waals surface area contributed by atoms with Crippen LogP contribution in [0.5, 0.6) is 0 Å². The summed E-state index contributed by atoms with van der Waals surface area (Å²) in [4.78, 5) is 26.4. The first-order valence-electron chi connectivity index (χ1n) is 11.0. The van der Waals surface area contributed by atoms with Gasteiger partial charge in [-0.25, -0.2) is 4.79 Å². The molecule has 0 fully saturated rings. The average Bonchev–Trinajstić information content (AvgIpc) is 2.82. The second kappa shape index (κ2) is 9.41. The van der Waals surface area contributed by atoms with Gasteiger partial charge in [-0.3, -0.25) is 4.79 Å². The van der Waals surface area contributed by atoms with E-state index < -0.39 is 5.97 Å². The van der Waals surface area contributed by atoms with Crippen molar-refractivity contribution in [3.05, 3.63) is 47.5 Å². The molecule has 2 aromatic rings. The van der Waals surface area contributed by atoms with Crippen molar-refractivity contribution >= 4 is 23.3 Å². The molecule has 0 saturated carbocycles. The third-order valence-corrected chi connectivity index (χ3v) is 5.70. The number of aromatic carboxylic acids is 1. The Morgan fingerprint density at radius 2 is 1.84 bits per heavy atom. The van der Waals surface area contributed by atoms with Crippen molar-refractivity contribution in [1.82, 2.24) is 4.90 Å². The fourth-order valence-corrected chi connectivity index (χ4v) is 3.96. The minimum atomic E-state index is -0.957.